The van der Waals surface area contributed by atoms with E-state index in [2.05, 4.69) is 10.0 Å². The Bertz CT molecular complexity index is 1080. The molecule has 0 saturated heterocycles. The van der Waals surface area contributed by atoms with Gasteiger partial charge in [0.25, 0.3) is 15.9 Å². The number of amides is 1. The highest BCUT2D eigenvalue weighted by molar-refractivity contribution is 7.92. The van der Waals surface area contributed by atoms with Crippen LogP contribution in [0.25, 0.3) is 0 Å². The second-order valence-electron chi connectivity index (χ2n) is 6.17. The molecule has 3 aromatic carbocycles. The molecule has 0 spiro atoms. The highest BCUT2D eigenvalue weighted by Crippen LogP contribution is 2.19. The van der Waals surface area contributed by atoms with E-state index in [0.29, 0.717) is 28.6 Å². The zero-order valence-corrected chi connectivity index (χ0v) is 17.1. The lowest BCUT2D eigenvalue weighted by molar-refractivity contribution is 0.0951. The molecule has 0 bridgehead atoms. The first-order valence-corrected chi connectivity index (χ1v) is 10.5. The molecule has 0 aliphatic carbocycles. The Kier molecular flexibility index (Phi) is 6.41. The number of benzene rings is 3. The van der Waals surface area contributed by atoms with Crippen LogP contribution in [0.5, 0.6) is 5.75 Å². The molecule has 0 aromatic heterocycles. The van der Waals surface area contributed by atoms with Crippen molar-refractivity contribution in [2.75, 3.05) is 11.8 Å². The average molecular weight is 431 g/mol. The zero-order valence-electron chi connectivity index (χ0n) is 15.6. The summed E-state index contributed by atoms with van der Waals surface area (Å²) in [6.45, 7) is 0.363. The second kappa shape index (κ2) is 8.98. The summed E-state index contributed by atoms with van der Waals surface area (Å²) in [4.78, 5) is 12.4. The van der Waals surface area contributed by atoms with Gasteiger partial charge in [0.15, 0.2) is 0 Å². The van der Waals surface area contributed by atoms with Crippen molar-refractivity contribution in [1.29, 1.82) is 0 Å². The molecule has 0 heterocycles. The van der Waals surface area contributed by atoms with Gasteiger partial charge >= 0.3 is 0 Å². The Balaban J connectivity index is 1.62. The predicted octanol–water partition coefficient (Wildman–Crippen LogP) is 4.08. The van der Waals surface area contributed by atoms with Crippen molar-refractivity contribution in [2.45, 2.75) is 11.4 Å². The van der Waals surface area contributed by atoms with E-state index in [0.717, 1.165) is 5.56 Å². The summed E-state index contributed by atoms with van der Waals surface area (Å²) in [5, 5.41) is 3.44. The van der Waals surface area contributed by atoms with Crippen LogP contribution in [-0.4, -0.2) is 21.4 Å². The second-order valence-corrected chi connectivity index (χ2v) is 8.29. The van der Waals surface area contributed by atoms with Crippen LogP contribution in [0, 0.1) is 0 Å². The van der Waals surface area contributed by atoms with Gasteiger partial charge in [-0.3, -0.25) is 9.52 Å². The van der Waals surface area contributed by atoms with Gasteiger partial charge in [0, 0.05) is 22.8 Å². The number of hydrogen-bond donors (Lipinski definition) is 2. The summed E-state index contributed by atoms with van der Waals surface area (Å²) in [5.41, 5.74) is 1.70. The standard InChI is InChI=1S/C21H19ClN2O4S/c1-28-19-10-12-20(13-11-19)29(26,27)24-18-8-4-16(5-9-18)21(25)23-14-15-2-6-17(22)7-3-15/h2-13,24H,14H2,1H3,(H,23,25). The molecule has 2 N–H and O–H groups in total. The highest BCUT2D eigenvalue weighted by atomic mass is 35.5. The maximum atomic E-state index is 12.5. The third kappa shape index (κ3) is 5.49. The Labute approximate surface area is 174 Å². The third-order valence-electron chi connectivity index (χ3n) is 4.14. The highest BCUT2D eigenvalue weighted by Gasteiger charge is 2.14. The van der Waals surface area contributed by atoms with Crippen molar-refractivity contribution in [1.82, 2.24) is 5.32 Å². The lowest BCUT2D eigenvalue weighted by Crippen LogP contribution is -2.22. The number of carbonyl (C=O) groups excluding carboxylic acids is 1. The number of sulfonamides is 1. The van der Waals surface area contributed by atoms with Gasteiger partial charge < -0.3 is 10.1 Å². The van der Waals surface area contributed by atoms with Gasteiger partial charge in [-0.05, 0) is 66.2 Å². The molecular weight excluding hydrogens is 412 g/mol. The van der Waals surface area contributed by atoms with E-state index in [9.17, 15) is 13.2 Å². The first-order valence-electron chi connectivity index (χ1n) is 8.67. The summed E-state index contributed by atoms with van der Waals surface area (Å²) in [6, 6.07) is 19.4. The van der Waals surface area contributed by atoms with Crippen LogP contribution in [0.15, 0.2) is 77.7 Å². The van der Waals surface area contributed by atoms with E-state index >= 15 is 0 Å². The van der Waals surface area contributed by atoms with Gasteiger partial charge in [0.2, 0.25) is 0 Å². The largest absolute Gasteiger partial charge is 0.497 e. The molecule has 1 amide bonds. The van der Waals surface area contributed by atoms with E-state index < -0.39 is 10.0 Å². The lowest BCUT2D eigenvalue weighted by Gasteiger charge is -2.10. The van der Waals surface area contributed by atoms with Crippen molar-refractivity contribution in [3.8, 4) is 5.75 Å². The molecule has 0 aliphatic rings. The minimum atomic E-state index is -3.74. The van der Waals surface area contributed by atoms with Crippen molar-refractivity contribution in [3.05, 3.63) is 88.9 Å². The molecular formula is C21H19ClN2O4S. The molecule has 3 aromatic rings. The van der Waals surface area contributed by atoms with Crippen LogP contribution in [0.4, 0.5) is 5.69 Å². The van der Waals surface area contributed by atoms with E-state index in [4.69, 9.17) is 16.3 Å². The number of rotatable bonds is 7. The van der Waals surface area contributed by atoms with Crippen LogP contribution < -0.4 is 14.8 Å². The lowest BCUT2D eigenvalue weighted by atomic mass is 10.2. The van der Waals surface area contributed by atoms with Crippen LogP contribution in [-0.2, 0) is 16.6 Å². The fourth-order valence-electron chi connectivity index (χ4n) is 2.55. The molecule has 3 rings (SSSR count). The smallest absolute Gasteiger partial charge is 0.261 e. The van der Waals surface area contributed by atoms with E-state index in [1.54, 1.807) is 36.4 Å². The Morgan fingerprint density at radius 3 is 2.14 bits per heavy atom. The molecule has 0 aliphatic heterocycles. The number of carbonyl (C=O) groups is 1. The molecule has 0 fully saturated rings. The molecule has 8 heteroatoms. The van der Waals surface area contributed by atoms with Crippen LogP contribution in [0.1, 0.15) is 15.9 Å². The summed E-state index contributed by atoms with van der Waals surface area (Å²) in [5.74, 6) is 0.308. The molecule has 6 nitrogen and oxygen atoms in total. The maximum Gasteiger partial charge on any atom is 0.261 e. The predicted molar refractivity (Wildman–Crippen MR) is 113 cm³/mol. The minimum absolute atomic E-state index is 0.114. The molecule has 0 saturated carbocycles. The number of anilines is 1. The van der Waals surface area contributed by atoms with Crippen LogP contribution >= 0.6 is 11.6 Å². The van der Waals surface area contributed by atoms with Crippen molar-refractivity contribution >= 4 is 33.2 Å². The maximum absolute atomic E-state index is 12.5. The fourth-order valence-corrected chi connectivity index (χ4v) is 3.73. The summed E-state index contributed by atoms with van der Waals surface area (Å²) in [6.07, 6.45) is 0. The Hall–Kier alpha value is -3.03. The summed E-state index contributed by atoms with van der Waals surface area (Å²) >= 11 is 5.84. The molecule has 29 heavy (non-hydrogen) atoms. The molecule has 150 valence electrons. The average Bonchev–Trinajstić information content (AvgIpc) is 2.73. The number of halogens is 1. The first-order chi connectivity index (χ1) is 13.9. The van der Waals surface area contributed by atoms with Gasteiger partial charge in [-0.2, -0.15) is 0 Å². The molecule has 0 atom stereocenters. The third-order valence-corrected chi connectivity index (χ3v) is 5.78. The van der Waals surface area contributed by atoms with Gasteiger partial charge in [-0.1, -0.05) is 23.7 Å². The fraction of sp³-hybridized carbons (Fsp3) is 0.0952. The number of nitrogens with one attached hydrogen (secondary N) is 2. The number of hydrogen-bond acceptors (Lipinski definition) is 4. The molecule has 0 unspecified atom stereocenters. The Morgan fingerprint density at radius 1 is 0.931 bits per heavy atom. The van der Waals surface area contributed by atoms with E-state index in [1.165, 1.54) is 31.4 Å². The number of methoxy groups -OCH3 is 1. The summed E-state index contributed by atoms with van der Waals surface area (Å²) < 4.78 is 32.4. The molecule has 0 radical (unpaired) electrons. The van der Waals surface area contributed by atoms with Crippen LogP contribution in [0.2, 0.25) is 5.02 Å². The van der Waals surface area contributed by atoms with Gasteiger partial charge in [-0.25, -0.2) is 8.42 Å². The topological polar surface area (TPSA) is 84.5 Å². The number of ether oxygens (including phenoxy) is 1. The SMILES string of the molecule is COc1ccc(S(=O)(=O)Nc2ccc(C(=O)NCc3ccc(Cl)cc3)cc2)cc1. The van der Waals surface area contributed by atoms with Gasteiger partial charge in [0.1, 0.15) is 5.75 Å². The zero-order chi connectivity index (χ0) is 20.9. The first kappa shape index (κ1) is 20.7. The van der Waals surface area contributed by atoms with Crippen molar-refractivity contribution in [2.24, 2.45) is 0 Å². The monoisotopic (exact) mass is 430 g/mol. The van der Waals surface area contributed by atoms with E-state index in [-0.39, 0.29) is 10.8 Å². The normalized spacial score (nSPS) is 11.0. The van der Waals surface area contributed by atoms with Gasteiger partial charge in [-0.15, -0.1) is 0 Å². The minimum Gasteiger partial charge on any atom is -0.497 e. The quantitative estimate of drug-likeness (QED) is 0.591. The Morgan fingerprint density at radius 2 is 1.55 bits per heavy atom. The van der Waals surface area contributed by atoms with Crippen molar-refractivity contribution < 1.29 is 17.9 Å². The summed E-state index contributed by atoms with van der Waals surface area (Å²) in [7, 11) is -2.23. The van der Waals surface area contributed by atoms with E-state index in [1.807, 2.05) is 12.1 Å². The van der Waals surface area contributed by atoms with Gasteiger partial charge in [0.05, 0.1) is 12.0 Å². The van der Waals surface area contributed by atoms with Crippen LogP contribution in [0.3, 0.4) is 0 Å². The van der Waals surface area contributed by atoms with Crippen molar-refractivity contribution in [3.63, 3.8) is 0 Å².